The minimum absolute atomic E-state index is 0.115. The number of nitrogens with two attached hydrogens (primary N) is 1. The van der Waals surface area contributed by atoms with Crippen LogP contribution in [0.2, 0.25) is 0 Å². The highest BCUT2D eigenvalue weighted by Crippen LogP contribution is 2.16. The van der Waals surface area contributed by atoms with Crippen LogP contribution in [0.3, 0.4) is 0 Å². The Labute approximate surface area is 212 Å². The number of amides is 2. The van der Waals surface area contributed by atoms with Crippen LogP contribution in [0.25, 0.3) is 11.2 Å². The first kappa shape index (κ1) is 28.4. The van der Waals surface area contributed by atoms with Crippen molar-refractivity contribution in [2.75, 3.05) is 11.9 Å². The lowest BCUT2D eigenvalue weighted by Gasteiger charge is -2.05. The number of ether oxygens (including phenoxy) is 1. The molecule has 4 N–H and O–H groups in total. The summed E-state index contributed by atoms with van der Waals surface area (Å²) in [5, 5.41) is 11.5. The van der Waals surface area contributed by atoms with Gasteiger partial charge in [0.2, 0.25) is 5.91 Å². The second-order valence-electron chi connectivity index (χ2n) is 7.75. The van der Waals surface area contributed by atoms with Crippen molar-refractivity contribution in [3.63, 3.8) is 0 Å². The maximum atomic E-state index is 11.7. The molecule has 12 nitrogen and oxygen atoms in total. The fraction of sp³-hybridized carbons (Fsp3) is 0.240. The topological polar surface area (TPSA) is 163 Å². The Morgan fingerprint density at radius 1 is 1.03 bits per heavy atom. The van der Waals surface area contributed by atoms with E-state index in [1.54, 1.807) is 55.1 Å². The third-order valence-electron chi connectivity index (χ3n) is 4.96. The highest BCUT2D eigenvalue weighted by molar-refractivity contribution is 5.95. The summed E-state index contributed by atoms with van der Waals surface area (Å²) in [5.74, 6) is 0.168. The van der Waals surface area contributed by atoms with Crippen molar-refractivity contribution in [2.45, 2.75) is 13.8 Å². The number of aromatic nitrogens is 4. The zero-order valence-corrected chi connectivity index (χ0v) is 21.3. The normalized spacial score (nSPS) is 9.97. The van der Waals surface area contributed by atoms with Crippen LogP contribution in [0.4, 0.5) is 5.69 Å². The predicted molar refractivity (Wildman–Crippen MR) is 140 cm³/mol. The monoisotopic (exact) mass is 510 g/mol. The number of aromatic hydroxyl groups is 1. The van der Waals surface area contributed by atoms with Crippen molar-refractivity contribution in [3.05, 3.63) is 81.3 Å². The number of phenols is 1. The van der Waals surface area contributed by atoms with Gasteiger partial charge in [0.15, 0.2) is 11.2 Å². The predicted octanol–water partition coefficient (Wildman–Crippen LogP) is 1.51. The van der Waals surface area contributed by atoms with E-state index in [4.69, 9.17) is 15.6 Å². The molecule has 0 saturated heterocycles. The Bertz CT molecular complexity index is 1500. The average Bonchev–Trinajstić information content (AvgIpc) is 3.25. The number of anilines is 1. The molecule has 0 aliphatic rings. The maximum absolute atomic E-state index is 11.7. The van der Waals surface area contributed by atoms with E-state index in [2.05, 4.69) is 10.3 Å². The van der Waals surface area contributed by atoms with E-state index in [0.717, 1.165) is 4.57 Å². The van der Waals surface area contributed by atoms with E-state index in [1.807, 2.05) is 6.92 Å². The molecule has 4 aromatic rings. The summed E-state index contributed by atoms with van der Waals surface area (Å²) in [6.45, 7) is 3.83. The Balaban J connectivity index is 0.000000197. The van der Waals surface area contributed by atoms with E-state index in [-0.39, 0.29) is 22.9 Å². The van der Waals surface area contributed by atoms with Gasteiger partial charge >= 0.3 is 5.69 Å². The smallest absolute Gasteiger partial charge is 0.332 e. The van der Waals surface area contributed by atoms with Crippen molar-refractivity contribution >= 4 is 28.7 Å². The SMILES string of the molecule is CC(=O)Nc1ccc(O)cc1.CCOc1ccccc1C(N)=O.Cn1c(=O)c2c(ncn2C)n(C)c1=O. The van der Waals surface area contributed by atoms with Gasteiger partial charge in [0.25, 0.3) is 11.5 Å². The molecule has 0 radical (unpaired) electrons. The van der Waals surface area contributed by atoms with Gasteiger partial charge in [0.1, 0.15) is 11.5 Å². The Morgan fingerprint density at radius 3 is 2.22 bits per heavy atom. The van der Waals surface area contributed by atoms with E-state index >= 15 is 0 Å². The molecule has 2 amide bonds. The van der Waals surface area contributed by atoms with Gasteiger partial charge < -0.3 is 25.5 Å². The first-order valence-electron chi connectivity index (χ1n) is 11.1. The number of nitrogens with zero attached hydrogens (tertiary/aromatic N) is 4. The van der Waals surface area contributed by atoms with Crippen LogP contribution < -0.4 is 27.0 Å². The zero-order chi connectivity index (χ0) is 27.7. The third-order valence-corrected chi connectivity index (χ3v) is 4.96. The second-order valence-corrected chi connectivity index (χ2v) is 7.75. The summed E-state index contributed by atoms with van der Waals surface area (Å²) < 4.78 is 9.24. The van der Waals surface area contributed by atoms with Crippen molar-refractivity contribution < 1.29 is 19.4 Å². The lowest BCUT2D eigenvalue weighted by Crippen LogP contribution is -2.37. The summed E-state index contributed by atoms with van der Waals surface area (Å²) in [5.41, 5.74) is 6.43. The lowest BCUT2D eigenvalue weighted by molar-refractivity contribution is -0.114. The fourth-order valence-corrected chi connectivity index (χ4v) is 3.17. The van der Waals surface area contributed by atoms with Crippen molar-refractivity contribution in [3.8, 4) is 11.5 Å². The van der Waals surface area contributed by atoms with E-state index in [0.29, 0.717) is 34.8 Å². The van der Waals surface area contributed by atoms with E-state index in [1.165, 1.54) is 37.0 Å². The number of fused-ring (bicyclic) bond motifs is 1. The van der Waals surface area contributed by atoms with Crippen LogP contribution in [0.15, 0.2) is 64.4 Å². The van der Waals surface area contributed by atoms with Crippen molar-refractivity contribution in [2.24, 2.45) is 26.9 Å². The van der Waals surface area contributed by atoms with Gasteiger partial charge in [-0.05, 0) is 43.3 Å². The molecular formula is C25H30N6O6. The number of rotatable bonds is 4. The lowest BCUT2D eigenvalue weighted by atomic mass is 10.2. The molecule has 0 unspecified atom stereocenters. The largest absolute Gasteiger partial charge is 0.508 e. The Morgan fingerprint density at radius 2 is 1.65 bits per heavy atom. The van der Waals surface area contributed by atoms with Crippen molar-refractivity contribution in [1.29, 1.82) is 0 Å². The average molecular weight is 511 g/mol. The summed E-state index contributed by atoms with van der Waals surface area (Å²) >= 11 is 0. The zero-order valence-electron chi connectivity index (χ0n) is 21.3. The second kappa shape index (κ2) is 12.7. The van der Waals surface area contributed by atoms with Gasteiger partial charge in [-0.2, -0.15) is 0 Å². The number of carbonyl (C=O) groups excluding carboxylic acids is 2. The maximum Gasteiger partial charge on any atom is 0.332 e. The molecular weight excluding hydrogens is 480 g/mol. The first-order chi connectivity index (χ1) is 17.5. The highest BCUT2D eigenvalue weighted by Gasteiger charge is 2.11. The molecule has 2 aromatic carbocycles. The number of primary amides is 1. The number of hydrogen-bond acceptors (Lipinski definition) is 7. The highest BCUT2D eigenvalue weighted by atomic mass is 16.5. The number of aryl methyl sites for hydroxylation is 2. The third kappa shape index (κ3) is 7.31. The number of benzene rings is 2. The summed E-state index contributed by atoms with van der Waals surface area (Å²) in [6.07, 6.45) is 1.52. The molecule has 0 fully saturated rings. The van der Waals surface area contributed by atoms with E-state index < -0.39 is 5.91 Å². The molecule has 12 heteroatoms. The molecule has 37 heavy (non-hydrogen) atoms. The number of imidazole rings is 1. The van der Waals surface area contributed by atoms with Crippen molar-refractivity contribution in [1.82, 2.24) is 18.7 Å². The molecule has 0 aliphatic heterocycles. The minimum atomic E-state index is -0.459. The van der Waals surface area contributed by atoms with Crippen LogP contribution >= 0.6 is 0 Å². The van der Waals surface area contributed by atoms with Gasteiger partial charge in [-0.3, -0.25) is 23.5 Å². The number of nitrogens with one attached hydrogen (secondary N) is 1. The first-order valence-corrected chi connectivity index (χ1v) is 11.1. The Kier molecular flexibility index (Phi) is 9.75. The minimum Gasteiger partial charge on any atom is -0.508 e. The van der Waals surface area contributed by atoms with Crippen LogP contribution in [0, 0.1) is 0 Å². The van der Waals surface area contributed by atoms with Gasteiger partial charge in [-0.1, -0.05) is 12.1 Å². The van der Waals surface area contributed by atoms with Crippen LogP contribution in [0.5, 0.6) is 11.5 Å². The summed E-state index contributed by atoms with van der Waals surface area (Å²) in [6, 6.07) is 13.2. The summed E-state index contributed by atoms with van der Waals surface area (Å²) in [4.78, 5) is 48.5. The number of para-hydroxylation sites is 1. The Hall–Kier alpha value is -4.87. The summed E-state index contributed by atoms with van der Waals surface area (Å²) in [7, 11) is 4.77. The fourth-order valence-electron chi connectivity index (χ4n) is 3.17. The standard InChI is InChI=1S/C9H11NO2.C8H10N4O2.C8H9NO2/c1-2-12-8-6-4-3-5-7(8)9(10)11;1-10-4-9-6-5(10)7(13)12(3)8(14)11(6)2;1-6(10)9-7-2-4-8(11)5-3-7/h3-6H,2H2,1H3,(H2,10,11);4H,1-3H3;2-5,11H,1H3,(H,9,10). The number of carbonyl (C=O) groups is 2. The molecule has 0 aliphatic carbocycles. The molecule has 4 rings (SSSR count). The van der Waals surface area contributed by atoms with Gasteiger partial charge in [-0.15, -0.1) is 0 Å². The molecule has 0 atom stereocenters. The van der Waals surface area contributed by atoms with Crippen LogP contribution in [0.1, 0.15) is 24.2 Å². The van der Waals surface area contributed by atoms with Gasteiger partial charge in [0.05, 0.1) is 18.5 Å². The van der Waals surface area contributed by atoms with Crippen LogP contribution in [-0.2, 0) is 25.9 Å². The molecule has 0 spiro atoms. The van der Waals surface area contributed by atoms with Gasteiger partial charge in [-0.25, -0.2) is 9.78 Å². The van der Waals surface area contributed by atoms with Gasteiger partial charge in [0, 0.05) is 33.8 Å². The van der Waals surface area contributed by atoms with Crippen LogP contribution in [-0.4, -0.2) is 42.2 Å². The number of hydrogen-bond donors (Lipinski definition) is 3. The van der Waals surface area contributed by atoms with E-state index in [9.17, 15) is 19.2 Å². The molecule has 0 saturated carbocycles. The molecule has 2 aromatic heterocycles. The molecule has 0 bridgehead atoms. The molecule has 196 valence electrons. The molecule has 2 heterocycles. The number of phenolic OH excluding ortho intramolecular Hbond substituents is 1. The quantitative estimate of drug-likeness (QED) is 0.350.